The van der Waals surface area contributed by atoms with Crippen LogP contribution in [0.4, 0.5) is 0 Å². The molecule has 3 rings (SSSR count). The second-order valence-corrected chi connectivity index (χ2v) is 5.65. The maximum absolute atomic E-state index is 12.6. The van der Waals surface area contributed by atoms with Crippen molar-refractivity contribution in [3.05, 3.63) is 64.9 Å². The lowest BCUT2D eigenvalue weighted by Crippen LogP contribution is -2.10. The molecule has 1 heterocycles. The number of fused-ring (bicyclic) bond motifs is 1. The number of esters is 2. The monoisotopic (exact) mass is 354 g/mol. The molecule has 1 aromatic heterocycles. The highest BCUT2D eigenvalue weighted by atomic mass is 16.5. The van der Waals surface area contributed by atoms with E-state index >= 15 is 0 Å². The summed E-state index contributed by atoms with van der Waals surface area (Å²) in [6.45, 7) is 3.50. The lowest BCUT2D eigenvalue weighted by molar-refractivity contribution is 0.0472. The minimum atomic E-state index is -0.747. The Morgan fingerprint density at radius 3 is 2.38 bits per heavy atom. The van der Waals surface area contributed by atoms with Crippen LogP contribution in [0.2, 0.25) is 0 Å². The first-order chi connectivity index (χ1) is 12.5. The smallest absolute Gasteiger partial charge is 0.343 e. The van der Waals surface area contributed by atoms with E-state index in [1.54, 1.807) is 13.8 Å². The molecule has 6 heteroatoms. The van der Waals surface area contributed by atoms with Crippen molar-refractivity contribution in [3.63, 3.8) is 0 Å². The third kappa shape index (κ3) is 3.26. The number of ether oxygens (including phenoxy) is 2. The summed E-state index contributed by atoms with van der Waals surface area (Å²) in [6, 6.07) is 12.0. The Hall–Kier alpha value is -3.28. The summed E-state index contributed by atoms with van der Waals surface area (Å²) in [5, 5.41) is 10.4. The molecule has 0 spiro atoms. The Labute approximate surface area is 149 Å². The average molecular weight is 354 g/mol. The van der Waals surface area contributed by atoms with E-state index in [1.807, 2.05) is 30.3 Å². The van der Waals surface area contributed by atoms with E-state index in [4.69, 9.17) is 13.9 Å². The molecule has 0 aliphatic heterocycles. The maximum atomic E-state index is 12.6. The normalized spacial score (nSPS) is 10.7. The molecule has 0 fully saturated rings. The lowest BCUT2D eigenvalue weighted by atomic mass is 10.0. The minimum Gasteiger partial charge on any atom is -0.507 e. The van der Waals surface area contributed by atoms with Gasteiger partial charge in [0.1, 0.15) is 34.8 Å². The quantitative estimate of drug-likeness (QED) is 0.698. The lowest BCUT2D eigenvalue weighted by Gasteiger charge is -2.09. The molecule has 0 aliphatic rings. The SMILES string of the molecule is CCOC(=O)c1c(C)oc2ccc(O)c(C(=O)OCc3ccccc3)c12. The number of rotatable bonds is 5. The number of phenolic OH excluding ortho intramolecular Hbond substituents is 1. The number of aromatic hydroxyl groups is 1. The Balaban J connectivity index is 2.02. The van der Waals surface area contributed by atoms with Crippen molar-refractivity contribution < 1.29 is 28.6 Å². The van der Waals surface area contributed by atoms with Crippen molar-refractivity contribution in [1.29, 1.82) is 0 Å². The van der Waals surface area contributed by atoms with Crippen molar-refractivity contribution in [2.75, 3.05) is 6.61 Å². The highest BCUT2D eigenvalue weighted by molar-refractivity contribution is 6.14. The number of benzene rings is 2. The fourth-order valence-electron chi connectivity index (χ4n) is 2.75. The second kappa shape index (κ2) is 7.31. The molecule has 26 heavy (non-hydrogen) atoms. The van der Waals surface area contributed by atoms with Gasteiger partial charge in [0.25, 0.3) is 0 Å². The first kappa shape index (κ1) is 17.5. The summed E-state index contributed by atoms with van der Waals surface area (Å²) in [5.41, 5.74) is 1.11. The Bertz CT molecular complexity index is 955. The summed E-state index contributed by atoms with van der Waals surface area (Å²) in [4.78, 5) is 24.9. The van der Waals surface area contributed by atoms with Crippen LogP contribution in [0.15, 0.2) is 46.9 Å². The molecular formula is C20H18O6. The van der Waals surface area contributed by atoms with E-state index in [1.165, 1.54) is 12.1 Å². The predicted molar refractivity (Wildman–Crippen MR) is 94.1 cm³/mol. The summed E-state index contributed by atoms with van der Waals surface area (Å²) in [6.07, 6.45) is 0. The van der Waals surface area contributed by atoms with E-state index in [9.17, 15) is 14.7 Å². The Kier molecular flexibility index (Phi) is 4.93. The van der Waals surface area contributed by atoms with Gasteiger partial charge in [0.2, 0.25) is 0 Å². The van der Waals surface area contributed by atoms with Gasteiger partial charge in [-0.3, -0.25) is 0 Å². The summed E-state index contributed by atoms with van der Waals surface area (Å²) in [7, 11) is 0. The molecule has 6 nitrogen and oxygen atoms in total. The number of furan rings is 1. The molecule has 0 bridgehead atoms. The average Bonchev–Trinajstić information content (AvgIpc) is 2.96. The van der Waals surface area contributed by atoms with Gasteiger partial charge in [-0.15, -0.1) is 0 Å². The van der Waals surface area contributed by atoms with Crippen molar-refractivity contribution in [1.82, 2.24) is 0 Å². The van der Waals surface area contributed by atoms with Gasteiger partial charge in [-0.25, -0.2) is 9.59 Å². The number of aryl methyl sites for hydroxylation is 1. The van der Waals surface area contributed by atoms with Crippen LogP contribution in [0.3, 0.4) is 0 Å². The van der Waals surface area contributed by atoms with Gasteiger partial charge in [0, 0.05) is 0 Å². The molecule has 0 aliphatic carbocycles. The number of carbonyl (C=O) groups excluding carboxylic acids is 2. The van der Waals surface area contributed by atoms with Crippen LogP contribution in [0.25, 0.3) is 11.0 Å². The molecule has 3 aromatic rings. The first-order valence-corrected chi connectivity index (χ1v) is 8.16. The topological polar surface area (TPSA) is 86.0 Å². The number of hydrogen-bond acceptors (Lipinski definition) is 6. The van der Waals surface area contributed by atoms with E-state index < -0.39 is 11.9 Å². The predicted octanol–water partition coefficient (Wildman–Crippen LogP) is 3.98. The van der Waals surface area contributed by atoms with Crippen molar-refractivity contribution in [3.8, 4) is 5.75 Å². The zero-order valence-electron chi connectivity index (χ0n) is 14.4. The largest absolute Gasteiger partial charge is 0.507 e. The van der Waals surface area contributed by atoms with Crippen LogP contribution in [0.5, 0.6) is 5.75 Å². The number of carbonyl (C=O) groups is 2. The minimum absolute atomic E-state index is 0.0427. The van der Waals surface area contributed by atoms with E-state index in [2.05, 4.69) is 0 Å². The van der Waals surface area contributed by atoms with Crippen molar-refractivity contribution in [2.45, 2.75) is 20.5 Å². The molecule has 1 N–H and O–H groups in total. The number of hydrogen-bond donors (Lipinski definition) is 1. The van der Waals surface area contributed by atoms with Gasteiger partial charge < -0.3 is 19.0 Å². The zero-order chi connectivity index (χ0) is 18.7. The molecule has 134 valence electrons. The van der Waals surface area contributed by atoms with Crippen molar-refractivity contribution in [2.24, 2.45) is 0 Å². The van der Waals surface area contributed by atoms with Crippen LogP contribution >= 0.6 is 0 Å². The highest BCUT2D eigenvalue weighted by Gasteiger charge is 2.27. The summed E-state index contributed by atoms with van der Waals surface area (Å²) >= 11 is 0. The molecule has 0 unspecified atom stereocenters. The van der Waals surface area contributed by atoms with E-state index in [-0.39, 0.29) is 35.5 Å². The van der Waals surface area contributed by atoms with E-state index in [0.29, 0.717) is 11.3 Å². The standard InChI is InChI=1S/C20H18O6/c1-3-24-19(22)16-12(2)26-15-10-9-14(21)17(18(15)16)20(23)25-11-13-7-5-4-6-8-13/h4-10,21H,3,11H2,1-2H3. The number of phenols is 1. The van der Waals surface area contributed by atoms with Crippen LogP contribution < -0.4 is 0 Å². The Morgan fingerprint density at radius 2 is 1.69 bits per heavy atom. The molecule has 0 saturated heterocycles. The van der Waals surface area contributed by atoms with Gasteiger partial charge in [-0.2, -0.15) is 0 Å². The first-order valence-electron chi connectivity index (χ1n) is 8.16. The third-order valence-corrected chi connectivity index (χ3v) is 3.91. The molecule has 0 atom stereocenters. The van der Waals surface area contributed by atoms with Gasteiger partial charge in [0.05, 0.1) is 12.0 Å². The molecule has 0 saturated carbocycles. The highest BCUT2D eigenvalue weighted by Crippen LogP contribution is 2.34. The molecule has 2 aromatic carbocycles. The van der Waals surface area contributed by atoms with Crippen LogP contribution in [-0.2, 0) is 16.1 Å². The van der Waals surface area contributed by atoms with Crippen LogP contribution in [-0.4, -0.2) is 23.7 Å². The molecule has 0 amide bonds. The summed E-state index contributed by atoms with van der Waals surface area (Å²) in [5.74, 6) is -1.35. The maximum Gasteiger partial charge on any atom is 0.343 e. The molecule has 0 radical (unpaired) electrons. The Morgan fingerprint density at radius 1 is 1.00 bits per heavy atom. The molecular weight excluding hydrogens is 336 g/mol. The van der Waals surface area contributed by atoms with Gasteiger partial charge in [0.15, 0.2) is 0 Å². The fourth-order valence-corrected chi connectivity index (χ4v) is 2.75. The van der Waals surface area contributed by atoms with Gasteiger partial charge in [-0.05, 0) is 31.5 Å². The fraction of sp³-hybridized carbons (Fsp3) is 0.200. The summed E-state index contributed by atoms with van der Waals surface area (Å²) < 4.78 is 15.9. The van der Waals surface area contributed by atoms with Crippen LogP contribution in [0.1, 0.15) is 39.0 Å². The van der Waals surface area contributed by atoms with E-state index in [0.717, 1.165) is 5.56 Å². The van der Waals surface area contributed by atoms with Gasteiger partial charge >= 0.3 is 11.9 Å². The second-order valence-electron chi connectivity index (χ2n) is 5.65. The third-order valence-electron chi connectivity index (χ3n) is 3.91. The zero-order valence-corrected chi connectivity index (χ0v) is 14.4. The van der Waals surface area contributed by atoms with Crippen molar-refractivity contribution >= 4 is 22.9 Å². The van der Waals surface area contributed by atoms with Crippen LogP contribution in [0, 0.1) is 6.92 Å². The van der Waals surface area contributed by atoms with Gasteiger partial charge in [-0.1, -0.05) is 30.3 Å².